The first kappa shape index (κ1) is 13.8. The van der Waals surface area contributed by atoms with Gasteiger partial charge in [0.25, 0.3) is 0 Å². The van der Waals surface area contributed by atoms with Gasteiger partial charge in [-0.1, -0.05) is 28.4 Å². The highest BCUT2D eigenvalue weighted by Crippen LogP contribution is 2.34. The maximum absolute atomic E-state index is 6.17. The molecule has 0 unspecified atom stereocenters. The third kappa shape index (κ3) is 2.54. The summed E-state index contributed by atoms with van der Waals surface area (Å²) in [6.07, 6.45) is 1.74. The smallest absolute Gasteiger partial charge is 0.102 e. The fourth-order valence-corrected chi connectivity index (χ4v) is 2.23. The lowest BCUT2D eigenvalue weighted by Crippen LogP contribution is -2.29. The van der Waals surface area contributed by atoms with Gasteiger partial charge < -0.3 is 5.73 Å². The van der Waals surface area contributed by atoms with Gasteiger partial charge in [0, 0.05) is 4.47 Å². The van der Waals surface area contributed by atoms with E-state index in [-0.39, 0.29) is 0 Å². The number of hydrogen-bond donors (Lipinski definition) is 1. The molecule has 1 heterocycles. The zero-order valence-electron chi connectivity index (χ0n) is 9.78. The molecule has 2 N–H and O–H groups in total. The Morgan fingerprint density at radius 3 is 2.50 bits per heavy atom. The van der Waals surface area contributed by atoms with Crippen LogP contribution in [0.25, 0.3) is 5.69 Å². The van der Waals surface area contributed by atoms with Crippen LogP contribution in [0.5, 0.6) is 0 Å². The van der Waals surface area contributed by atoms with Crippen LogP contribution in [0.2, 0.25) is 10.0 Å². The van der Waals surface area contributed by atoms with E-state index in [4.69, 9.17) is 28.9 Å². The van der Waals surface area contributed by atoms with E-state index in [9.17, 15) is 0 Å². The SMILES string of the molecule is CC(C)(N)c1cn(-c2ccc(Br)c(Cl)c2Cl)nn1. The number of nitrogens with two attached hydrogens (primary N) is 1. The van der Waals surface area contributed by atoms with E-state index in [0.29, 0.717) is 21.4 Å². The van der Waals surface area contributed by atoms with Crippen LogP contribution in [-0.2, 0) is 5.54 Å². The highest BCUT2D eigenvalue weighted by molar-refractivity contribution is 9.10. The van der Waals surface area contributed by atoms with Gasteiger partial charge in [-0.15, -0.1) is 5.10 Å². The van der Waals surface area contributed by atoms with Gasteiger partial charge in [-0.2, -0.15) is 0 Å². The van der Waals surface area contributed by atoms with Crippen molar-refractivity contribution in [1.82, 2.24) is 15.0 Å². The minimum Gasteiger partial charge on any atom is -0.320 e. The van der Waals surface area contributed by atoms with Gasteiger partial charge in [-0.3, -0.25) is 0 Å². The topological polar surface area (TPSA) is 56.7 Å². The molecule has 0 bridgehead atoms. The number of aromatic nitrogens is 3. The Bertz CT molecular complexity index is 589. The lowest BCUT2D eigenvalue weighted by molar-refractivity contribution is 0.533. The van der Waals surface area contributed by atoms with Crippen LogP contribution in [0.1, 0.15) is 19.5 Å². The van der Waals surface area contributed by atoms with Crippen LogP contribution in [0.3, 0.4) is 0 Å². The predicted octanol–water partition coefficient (Wildman–Crippen LogP) is 3.53. The molecule has 0 spiro atoms. The Balaban J connectivity index is 2.50. The molecule has 0 aliphatic heterocycles. The van der Waals surface area contributed by atoms with Crippen LogP contribution < -0.4 is 5.73 Å². The van der Waals surface area contributed by atoms with Gasteiger partial charge in [0.05, 0.1) is 27.5 Å². The number of hydrogen-bond acceptors (Lipinski definition) is 3. The molecule has 0 fully saturated rings. The van der Waals surface area contributed by atoms with E-state index >= 15 is 0 Å². The van der Waals surface area contributed by atoms with E-state index in [1.54, 1.807) is 23.0 Å². The van der Waals surface area contributed by atoms with Crippen molar-refractivity contribution in [3.05, 3.63) is 38.5 Å². The first-order valence-electron chi connectivity index (χ1n) is 5.16. The molecule has 1 aromatic heterocycles. The zero-order chi connectivity index (χ0) is 13.5. The molecule has 1 aromatic carbocycles. The van der Waals surface area contributed by atoms with E-state index in [0.717, 1.165) is 4.47 Å². The highest BCUT2D eigenvalue weighted by atomic mass is 79.9. The second-order valence-corrected chi connectivity index (χ2v) is 6.07. The summed E-state index contributed by atoms with van der Waals surface area (Å²) in [4.78, 5) is 0. The van der Waals surface area contributed by atoms with Crippen LogP contribution >= 0.6 is 39.1 Å². The van der Waals surface area contributed by atoms with Crippen molar-refractivity contribution < 1.29 is 0 Å². The van der Waals surface area contributed by atoms with Crippen molar-refractivity contribution in [3.63, 3.8) is 0 Å². The van der Waals surface area contributed by atoms with Crippen LogP contribution in [0, 0.1) is 0 Å². The molecule has 0 aliphatic carbocycles. The Labute approximate surface area is 123 Å². The quantitative estimate of drug-likeness (QED) is 0.844. The van der Waals surface area contributed by atoms with E-state index in [1.165, 1.54) is 0 Å². The van der Waals surface area contributed by atoms with Crippen molar-refractivity contribution in [3.8, 4) is 5.69 Å². The molecule has 7 heteroatoms. The number of rotatable bonds is 2. The lowest BCUT2D eigenvalue weighted by atomic mass is 10.0. The molecular weight excluding hydrogens is 339 g/mol. The normalized spacial score (nSPS) is 11.9. The summed E-state index contributed by atoms with van der Waals surface area (Å²) < 4.78 is 2.29. The summed E-state index contributed by atoms with van der Waals surface area (Å²) in [6.45, 7) is 3.72. The molecule has 0 amide bonds. The maximum atomic E-state index is 6.17. The van der Waals surface area contributed by atoms with Gasteiger partial charge >= 0.3 is 0 Å². The monoisotopic (exact) mass is 348 g/mol. The molecule has 4 nitrogen and oxygen atoms in total. The average Bonchev–Trinajstić information content (AvgIpc) is 2.75. The highest BCUT2D eigenvalue weighted by Gasteiger charge is 2.20. The molecule has 0 saturated carbocycles. The third-order valence-electron chi connectivity index (χ3n) is 2.42. The van der Waals surface area contributed by atoms with Crippen molar-refractivity contribution in [2.75, 3.05) is 0 Å². The Morgan fingerprint density at radius 2 is 1.94 bits per heavy atom. The number of halogens is 3. The van der Waals surface area contributed by atoms with Gasteiger partial charge in [0.15, 0.2) is 0 Å². The van der Waals surface area contributed by atoms with E-state index in [1.807, 2.05) is 13.8 Å². The largest absolute Gasteiger partial charge is 0.320 e. The molecule has 0 atom stereocenters. The van der Waals surface area contributed by atoms with Crippen molar-refractivity contribution in [2.45, 2.75) is 19.4 Å². The average molecular weight is 350 g/mol. The van der Waals surface area contributed by atoms with Gasteiger partial charge in [-0.25, -0.2) is 4.68 Å². The molecule has 0 radical (unpaired) electrons. The Kier molecular flexibility index (Phi) is 3.69. The van der Waals surface area contributed by atoms with Crippen molar-refractivity contribution in [1.29, 1.82) is 0 Å². The van der Waals surface area contributed by atoms with Gasteiger partial charge in [-0.05, 0) is 41.9 Å². The van der Waals surface area contributed by atoms with Gasteiger partial charge in [0.1, 0.15) is 5.69 Å². The minimum absolute atomic E-state index is 0.414. The second-order valence-electron chi connectivity index (χ2n) is 4.46. The van der Waals surface area contributed by atoms with Crippen LogP contribution in [0.4, 0.5) is 0 Å². The molecule has 2 aromatic rings. The molecule has 0 saturated heterocycles. The summed E-state index contributed by atoms with van der Waals surface area (Å²) in [7, 11) is 0. The van der Waals surface area contributed by atoms with Crippen molar-refractivity contribution in [2.24, 2.45) is 5.73 Å². The summed E-state index contributed by atoms with van der Waals surface area (Å²) in [5.74, 6) is 0. The summed E-state index contributed by atoms with van der Waals surface area (Å²) in [5.41, 5.74) is 6.74. The zero-order valence-corrected chi connectivity index (χ0v) is 12.9. The maximum Gasteiger partial charge on any atom is 0.102 e. The standard InChI is InChI=1S/C11H11BrCl2N4/c1-11(2,15)8-5-18(17-16-8)7-4-3-6(12)9(13)10(7)14/h3-5H,15H2,1-2H3. The molecule has 96 valence electrons. The van der Waals surface area contributed by atoms with Crippen LogP contribution in [0.15, 0.2) is 22.8 Å². The lowest BCUT2D eigenvalue weighted by Gasteiger charge is -2.13. The minimum atomic E-state index is -0.552. The summed E-state index contributed by atoms with van der Waals surface area (Å²) in [5, 5.41) is 8.90. The Hall–Kier alpha value is -0.620. The number of nitrogens with zero attached hydrogens (tertiary/aromatic N) is 3. The first-order valence-corrected chi connectivity index (χ1v) is 6.71. The molecule has 2 rings (SSSR count). The molecule has 0 aliphatic rings. The summed E-state index contributed by atoms with van der Waals surface area (Å²) in [6, 6.07) is 3.61. The fourth-order valence-electron chi connectivity index (χ4n) is 1.37. The first-order chi connectivity index (χ1) is 8.30. The molecule has 18 heavy (non-hydrogen) atoms. The van der Waals surface area contributed by atoms with Crippen LogP contribution in [-0.4, -0.2) is 15.0 Å². The number of benzene rings is 1. The summed E-state index contributed by atoms with van der Waals surface area (Å²) >= 11 is 15.5. The second kappa shape index (κ2) is 4.81. The fraction of sp³-hybridized carbons (Fsp3) is 0.273. The van der Waals surface area contributed by atoms with Gasteiger partial charge in [0.2, 0.25) is 0 Å². The Morgan fingerprint density at radius 1 is 1.28 bits per heavy atom. The predicted molar refractivity (Wildman–Crippen MR) is 76.3 cm³/mol. The van der Waals surface area contributed by atoms with Crippen molar-refractivity contribution >= 4 is 39.1 Å². The van der Waals surface area contributed by atoms with E-state index < -0.39 is 5.54 Å². The third-order valence-corrected chi connectivity index (χ3v) is 4.18. The van der Waals surface area contributed by atoms with E-state index in [2.05, 4.69) is 26.2 Å². The molecular formula is C11H11BrCl2N4.